The molecule has 0 aliphatic rings. The van der Waals surface area contributed by atoms with E-state index in [1.165, 1.54) is 0 Å². The van der Waals surface area contributed by atoms with Gasteiger partial charge in [0.2, 0.25) is 18.1 Å². The Bertz CT molecular complexity index is 343. The van der Waals surface area contributed by atoms with E-state index < -0.39 is 35.9 Å². The molecule has 17 heavy (non-hydrogen) atoms. The highest BCUT2D eigenvalue weighted by Gasteiger charge is 2.12. The standard InChI is InChI=1S/C5H12O2.C2H4Cl2O4S2/c1-2-3-4-5(6)7;3-9(5,6)1-2-10(4,7)8/h5-7H,2-4H2,1H3;1-2H2. The van der Waals surface area contributed by atoms with Crippen molar-refractivity contribution in [3.05, 3.63) is 0 Å². The van der Waals surface area contributed by atoms with Gasteiger partial charge in [-0.3, -0.25) is 0 Å². The monoisotopic (exact) mass is 330 g/mol. The lowest BCUT2D eigenvalue weighted by Crippen LogP contribution is -2.08. The average Bonchev–Trinajstić information content (AvgIpc) is 2.10. The Balaban J connectivity index is 0. The molecule has 0 aliphatic carbocycles. The topological polar surface area (TPSA) is 109 Å². The van der Waals surface area contributed by atoms with Gasteiger partial charge in [-0.15, -0.1) is 0 Å². The van der Waals surface area contributed by atoms with Crippen molar-refractivity contribution >= 4 is 39.5 Å². The van der Waals surface area contributed by atoms with Crippen molar-refractivity contribution in [2.24, 2.45) is 0 Å². The van der Waals surface area contributed by atoms with E-state index in [4.69, 9.17) is 10.2 Å². The number of hydrogen-bond acceptors (Lipinski definition) is 6. The zero-order chi connectivity index (χ0) is 14.1. The van der Waals surface area contributed by atoms with Crippen LogP contribution in [0.1, 0.15) is 26.2 Å². The molecule has 0 aromatic carbocycles. The van der Waals surface area contributed by atoms with Crippen molar-refractivity contribution in [1.29, 1.82) is 0 Å². The number of halogens is 2. The third-order valence-electron chi connectivity index (χ3n) is 1.39. The summed E-state index contributed by atoms with van der Waals surface area (Å²) in [6.45, 7) is 2.02. The van der Waals surface area contributed by atoms with Gasteiger partial charge in [-0.1, -0.05) is 13.3 Å². The molecule has 0 radical (unpaired) electrons. The highest BCUT2D eigenvalue weighted by molar-refractivity contribution is 8.16. The van der Waals surface area contributed by atoms with E-state index in [2.05, 4.69) is 21.4 Å². The van der Waals surface area contributed by atoms with Crippen molar-refractivity contribution in [3.63, 3.8) is 0 Å². The molecule has 0 aromatic heterocycles. The Morgan fingerprint density at radius 2 is 1.35 bits per heavy atom. The molecule has 0 aliphatic heterocycles. The molecule has 0 amide bonds. The van der Waals surface area contributed by atoms with Gasteiger partial charge in [-0.2, -0.15) is 0 Å². The van der Waals surface area contributed by atoms with Crippen molar-refractivity contribution < 1.29 is 27.0 Å². The molecule has 0 atom stereocenters. The minimum Gasteiger partial charge on any atom is -0.368 e. The fraction of sp³-hybridized carbons (Fsp3) is 1.00. The molecule has 0 fully saturated rings. The van der Waals surface area contributed by atoms with Gasteiger partial charge in [0, 0.05) is 21.4 Å². The predicted octanol–water partition coefficient (Wildman–Crippen LogP) is 0.611. The molecule has 10 heteroatoms. The first-order valence-electron chi connectivity index (χ1n) is 4.68. The lowest BCUT2D eigenvalue weighted by atomic mass is 10.2. The van der Waals surface area contributed by atoms with E-state index >= 15 is 0 Å². The van der Waals surface area contributed by atoms with E-state index in [0.717, 1.165) is 12.8 Å². The lowest BCUT2D eigenvalue weighted by Gasteiger charge is -1.97. The van der Waals surface area contributed by atoms with Crippen LogP contribution in [0, 0.1) is 0 Å². The van der Waals surface area contributed by atoms with Crippen LogP contribution in [0.2, 0.25) is 0 Å². The zero-order valence-corrected chi connectivity index (χ0v) is 12.4. The molecule has 0 aromatic rings. The maximum absolute atomic E-state index is 10.1. The normalized spacial score (nSPS) is 12.1. The maximum Gasteiger partial charge on any atom is 0.233 e. The van der Waals surface area contributed by atoms with Crippen LogP contribution < -0.4 is 0 Å². The minimum atomic E-state index is -3.75. The Morgan fingerprint density at radius 3 is 1.47 bits per heavy atom. The van der Waals surface area contributed by atoms with Gasteiger partial charge in [-0.05, 0) is 12.8 Å². The number of aliphatic hydroxyl groups excluding tert-OH is 1. The van der Waals surface area contributed by atoms with Crippen LogP contribution in [0.5, 0.6) is 0 Å². The first-order valence-corrected chi connectivity index (χ1v) is 9.64. The van der Waals surface area contributed by atoms with E-state index in [1.54, 1.807) is 0 Å². The van der Waals surface area contributed by atoms with E-state index in [1.807, 2.05) is 6.92 Å². The van der Waals surface area contributed by atoms with Crippen molar-refractivity contribution in [2.45, 2.75) is 32.5 Å². The molecular weight excluding hydrogens is 315 g/mol. The van der Waals surface area contributed by atoms with Gasteiger partial charge >= 0.3 is 0 Å². The number of rotatable bonds is 6. The fourth-order valence-electron chi connectivity index (χ4n) is 0.586. The summed E-state index contributed by atoms with van der Waals surface area (Å²) in [5, 5.41) is 16.5. The summed E-state index contributed by atoms with van der Waals surface area (Å²) in [5.41, 5.74) is 0. The van der Waals surface area contributed by atoms with Crippen molar-refractivity contribution in [2.75, 3.05) is 11.5 Å². The smallest absolute Gasteiger partial charge is 0.233 e. The Morgan fingerprint density at radius 1 is 1.00 bits per heavy atom. The SMILES string of the molecule is CCCCC(O)O.O=S(=O)(Cl)CCS(=O)(=O)Cl. The van der Waals surface area contributed by atoms with Crippen LogP contribution in [0.3, 0.4) is 0 Å². The van der Waals surface area contributed by atoms with Gasteiger partial charge in [0.05, 0.1) is 11.5 Å². The maximum atomic E-state index is 10.1. The van der Waals surface area contributed by atoms with Crippen LogP contribution in [0.4, 0.5) is 0 Å². The molecule has 2 N–H and O–H groups in total. The number of aliphatic hydroxyl groups is 2. The quantitative estimate of drug-likeness (QED) is 0.545. The number of hydrogen-bond donors (Lipinski definition) is 2. The summed E-state index contributed by atoms with van der Waals surface area (Å²) in [6.07, 6.45) is 1.34. The van der Waals surface area contributed by atoms with Crippen LogP contribution in [-0.2, 0) is 18.1 Å². The molecule has 0 bridgehead atoms. The van der Waals surface area contributed by atoms with Crippen molar-refractivity contribution in [3.8, 4) is 0 Å². The van der Waals surface area contributed by atoms with E-state index in [-0.39, 0.29) is 0 Å². The average molecular weight is 331 g/mol. The third-order valence-corrected chi connectivity index (χ3v) is 3.95. The molecular formula is C7H16Cl2O6S2. The summed E-state index contributed by atoms with van der Waals surface area (Å²) in [7, 11) is 1.88. The Labute approximate surface area is 110 Å². The summed E-state index contributed by atoms with van der Waals surface area (Å²) in [6, 6.07) is 0. The van der Waals surface area contributed by atoms with E-state index in [9.17, 15) is 16.8 Å². The molecule has 0 rings (SSSR count). The molecule has 0 spiro atoms. The van der Waals surface area contributed by atoms with Gasteiger partial charge < -0.3 is 10.2 Å². The predicted molar refractivity (Wildman–Crippen MR) is 67.0 cm³/mol. The second-order valence-corrected chi connectivity index (χ2v) is 8.90. The molecule has 106 valence electrons. The minimum absolute atomic E-state index is 0.510. The summed E-state index contributed by atoms with van der Waals surface area (Å²) < 4.78 is 40.5. The first-order chi connectivity index (χ1) is 7.48. The Kier molecular flexibility index (Phi) is 10.8. The molecule has 0 saturated heterocycles. The van der Waals surface area contributed by atoms with Crippen LogP contribution >= 0.6 is 21.4 Å². The molecule has 0 saturated carbocycles. The summed E-state index contributed by atoms with van der Waals surface area (Å²) in [5.74, 6) is -1.30. The van der Waals surface area contributed by atoms with Crippen molar-refractivity contribution in [1.82, 2.24) is 0 Å². The second kappa shape index (κ2) is 9.35. The van der Waals surface area contributed by atoms with Gasteiger partial charge in [0.1, 0.15) is 0 Å². The van der Waals surface area contributed by atoms with Gasteiger partial charge in [-0.25, -0.2) is 16.8 Å². The van der Waals surface area contributed by atoms with Crippen LogP contribution in [0.15, 0.2) is 0 Å². The summed E-state index contributed by atoms with van der Waals surface area (Å²) >= 11 is 0. The van der Waals surface area contributed by atoms with Gasteiger partial charge in [0.25, 0.3) is 0 Å². The highest BCUT2D eigenvalue weighted by atomic mass is 35.7. The second-order valence-electron chi connectivity index (χ2n) is 3.11. The number of unbranched alkanes of at least 4 members (excludes halogenated alkanes) is 1. The van der Waals surface area contributed by atoms with Gasteiger partial charge in [0.15, 0.2) is 6.29 Å². The third kappa shape index (κ3) is 26.2. The Hall–Kier alpha value is 0.400. The lowest BCUT2D eigenvalue weighted by molar-refractivity contribution is -0.0463. The van der Waals surface area contributed by atoms with E-state index in [0.29, 0.717) is 6.42 Å². The van der Waals surface area contributed by atoms with Crippen LogP contribution in [-0.4, -0.2) is 44.8 Å². The zero-order valence-electron chi connectivity index (χ0n) is 9.21. The molecule has 6 nitrogen and oxygen atoms in total. The largest absolute Gasteiger partial charge is 0.368 e. The highest BCUT2D eigenvalue weighted by Crippen LogP contribution is 2.01. The summed E-state index contributed by atoms with van der Waals surface area (Å²) in [4.78, 5) is 0. The molecule has 0 unspecified atom stereocenters. The van der Waals surface area contributed by atoms with Crippen LogP contribution in [0.25, 0.3) is 0 Å². The molecule has 0 heterocycles. The first kappa shape index (κ1) is 19.7. The fourth-order valence-corrected chi connectivity index (χ4v) is 3.31.